The average Bonchev–Trinajstić information content (AvgIpc) is 2.08. The van der Waals surface area contributed by atoms with Crippen molar-refractivity contribution < 1.29 is 4.79 Å². The SMILES string of the molecule is CC=O.NNc1ccccc1. The number of carbonyl (C=O) groups excluding carboxylic acids is 1. The number of nitrogens with two attached hydrogens (primary N) is 1. The Kier molecular flexibility index (Phi) is 5.94. The Balaban J connectivity index is 0.000000292. The van der Waals surface area contributed by atoms with Gasteiger partial charge in [-0.3, -0.25) is 5.84 Å². The zero-order chi connectivity index (χ0) is 8.53. The van der Waals surface area contributed by atoms with Gasteiger partial charge >= 0.3 is 0 Å². The number of benzene rings is 1. The zero-order valence-electron chi connectivity index (χ0n) is 6.45. The Morgan fingerprint density at radius 2 is 1.82 bits per heavy atom. The molecule has 3 N–H and O–H groups in total. The van der Waals surface area contributed by atoms with Gasteiger partial charge in [0.15, 0.2) is 0 Å². The van der Waals surface area contributed by atoms with Crippen LogP contribution >= 0.6 is 0 Å². The molecule has 0 fully saturated rings. The molecule has 0 aromatic heterocycles. The van der Waals surface area contributed by atoms with Crippen molar-refractivity contribution in [2.24, 2.45) is 5.84 Å². The summed E-state index contributed by atoms with van der Waals surface area (Å²) in [6.45, 7) is 1.44. The molecular weight excluding hydrogens is 140 g/mol. The van der Waals surface area contributed by atoms with Gasteiger partial charge in [0.2, 0.25) is 0 Å². The van der Waals surface area contributed by atoms with Crippen LogP contribution in [0.1, 0.15) is 6.92 Å². The van der Waals surface area contributed by atoms with E-state index in [-0.39, 0.29) is 0 Å². The van der Waals surface area contributed by atoms with Crippen molar-refractivity contribution in [3.63, 3.8) is 0 Å². The third-order valence-electron chi connectivity index (χ3n) is 0.940. The Hall–Kier alpha value is -1.35. The van der Waals surface area contributed by atoms with E-state index in [1.807, 2.05) is 30.3 Å². The lowest BCUT2D eigenvalue weighted by atomic mass is 10.3. The molecule has 0 bridgehead atoms. The third-order valence-corrected chi connectivity index (χ3v) is 0.940. The molecule has 1 aromatic carbocycles. The minimum atomic E-state index is 0.750. The Morgan fingerprint density at radius 1 is 1.36 bits per heavy atom. The molecule has 60 valence electrons. The number of nitrogens with one attached hydrogen (secondary N) is 1. The second kappa shape index (κ2) is 6.77. The summed E-state index contributed by atoms with van der Waals surface area (Å²) in [5.41, 5.74) is 3.46. The molecule has 1 aromatic rings. The van der Waals surface area contributed by atoms with Crippen LogP contribution in [0.4, 0.5) is 5.69 Å². The molecule has 0 aliphatic heterocycles. The highest BCUT2D eigenvalue weighted by molar-refractivity contribution is 5.44. The van der Waals surface area contributed by atoms with Crippen molar-refractivity contribution in [1.29, 1.82) is 0 Å². The first-order chi connectivity index (χ1) is 5.35. The van der Waals surface area contributed by atoms with Crippen molar-refractivity contribution in [1.82, 2.24) is 0 Å². The molecule has 0 amide bonds. The highest BCUT2D eigenvalue weighted by Gasteiger charge is 1.78. The summed E-state index contributed by atoms with van der Waals surface area (Å²) in [6.07, 6.45) is 0.750. The number of hydrogen-bond acceptors (Lipinski definition) is 3. The zero-order valence-corrected chi connectivity index (χ0v) is 6.45. The number of rotatable bonds is 1. The summed E-state index contributed by atoms with van der Waals surface area (Å²) in [6, 6.07) is 9.60. The largest absolute Gasteiger partial charge is 0.324 e. The molecule has 11 heavy (non-hydrogen) atoms. The van der Waals surface area contributed by atoms with Crippen molar-refractivity contribution in [2.45, 2.75) is 6.92 Å². The van der Waals surface area contributed by atoms with Gasteiger partial charge in [-0.2, -0.15) is 0 Å². The predicted molar refractivity (Wildman–Crippen MR) is 46.0 cm³/mol. The second-order valence-electron chi connectivity index (χ2n) is 1.75. The van der Waals surface area contributed by atoms with Crippen LogP contribution < -0.4 is 11.3 Å². The number of para-hydroxylation sites is 1. The van der Waals surface area contributed by atoms with Gasteiger partial charge in [-0.25, -0.2) is 0 Å². The quantitative estimate of drug-likeness (QED) is 0.361. The molecule has 3 heteroatoms. The first-order valence-electron chi connectivity index (χ1n) is 3.26. The van der Waals surface area contributed by atoms with E-state index < -0.39 is 0 Å². The smallest absolute Gasteiger partial charge is 0.116 e. The standard InChI is InChI=1S/C6H8N2.C2H4O/c7-8-6-4-2-1-3-5-6;1-2-3/h1-5,8H,7H2;2H,1H3. The molecular formula is C8H12N2O. The van der Waals surface area contributed by atoms with Crippen LogP contribution in [-0.4, -0.2) is 6.29 Å². The molecule has 0 radical (unpaired) electrons. The van der Waals surface area contributed by atoms with E-state index in [1.165, 1.54) is 6.92 Å². The van der Waals surface area contributed by atoms with Gasteiger partial charge in [0, 0.05) is 5.69 Å². The van der Waals surface area contributed by atoms with E-state index >= 15 is 0 Å². The van der Waals surface area contributed by atoms with Crippen LogP contribution in [0.15, 0.2) is 30.3 Å². The number of carbonyl (C=O) groups is 1. The van der Waals surface area contributed by atoms with Gasteiger partial charge in [0.05, 0.1) is 0 Å². The van der Waals surface area contributed by atoms with Gasteiger partial charge in [0.25, 0.3) is 0 Å². The fourth-order valence-corrected chi connectivity index (χ4v) is 0.534. The minimum Gasteiger partial charge on any atom is -0.324 e. The van der Waals surface area contributed by atoms with Crippen molar-refractivity contribution in [3.05, 3.63) is 30.3 Å². The van der Waals surface area contributed by atoms with Crippen LogP contribution in [0.2, 0.25) is 0 Å². The fraction of sp³-hybridized carbons (Fsp3) is 0.125. The minimum absolute atomic E-state index is 0.750. The highest BCUT2D eigenvalue weighted by atomic mass is 16.1. The van der Waals surface area contributed by atoms with Crippen molar-refractivity contribution >= 4 is 12.0 Å². The summed E-state index contributed by atoms with van der Waals surface area (Å²) in [5.74, 6) is 5.10. The summed E-state index contributed by atoms with van der Waals surface area (Å²) in [5, 5.41) is 0. The maximum atomic E-state index is 8.81. The molecule has 0 aliphatic carbocycles. The maximum absolute atomic E-state index is 8.81. The number of aldehydes is 1. The van der Waals surface area contributed by atoms with Gasteiger partial charge in [-0.15, -0.1) is 0 Å². The van der Waals surface area contributed by atoms with Crippen molar-refractivity contribution in [3.8, 4) is 0 Å². The van der Waals surface area contributed by atoms with E-state index in [0.717, 1.165) is 12.0 Å². The molecule has 3 nitrogen and oxygen atoms in total. The Bertz CT molecular complexity index is 187. The molecule has 0 spiro atoms. The van der Waals surface area contributed by atoms with E-state index in [9.17, 15) is 0 Å². The van der Waals surface area contributed by atoms with Crippen molar-refractivity contribution in [2.75, 3.05) is 5.43 Å². The van der Waals surface area contributed by atoms with Gasteiger partial charge in [-0.1, -0.05) is 18.2 Å². The predicted octanol–water partition coefficient (Wildman–Crippen LogP) is 1.18. The molecule has 1 rings (SSSR count). The molecule has 0 heterocycles. The van der Waals surface area contributed by atoms with Crippen LogP contribution in [-0.2, 0) is 4.79 Å². The topological polar surface area (TPSA) is 55.1 Å². The number of hydrazine groups is 1. The number of nitrogen functional groups attached to an aromatic ring is 1. The van der Waals surface area contributed by atoms with E-state index in [4.69, 9.17) is 10.6 Å². The van der Waals surface area contributed by atoms with E-state index in [1.54, 1.807) is 0 Å². The lowest BCUT2D eigenvalue weighted by Gasteiger charge is -1.94. The first-order valence-corrected chi connectivity index (χ1v) is 3.26. The van der Waals surface area contributed by atoms with Gasteiger partial charge in [0.1, 0.15) is 6.29 Å². The van der Waals surface area contributed by atoms with Gasteiger partial charge < -0.3 is 10.2 Å². The molecule has 0 aliphatic rings. The first kappa shape index (κ1) is 9.65. The fourth-order valence-electron chi connectivity index (χ4n) is 0.534. The second-order valence-corrected chi connectivity index (χ2v) is 1.75. The number of hydrogen-bond donors (Lipinski definition) is 2. The van der Waals surface area contributed by atoms with E-state index in [0.29, 0.717) is 0 Å². The van der Waals surface area contributed by atoms with Crippen LogP contribution in [0.25, 0.3) is 0 Å². The lowest BCUT2D eigenvalue weighted by molar-refractivity contribution is -0.106. The highest BCUT2D eigenvalue weighted by Crippen LogP contribution is 2.00. The summed E-state index contributed by atoms with van der Waals surface area (Å²) >= 11 is 0. The lowest BCUT2D eigenvalue weighted by Crippen LogP contribution is -2.05. The van der Waals surface area contributed by atoms with Gasteiger partial charge in [-0.05, 0) is 19.1 Å². The summed E-state index contributed by atoms with van der Waals surface area (Å²) in [4.78, 5) is 8.81. The summed E-state index contributed by atoms with van der Waals surface area (Å²) < 4.78 is 0. The third kappa shape index (κ3) is 5.11. The Labute approximate surface area is 66.2 Å². The molecule has 0 saturated heterocycles. The Morgan fingerprint density at radius 3 is 2.09 bits per heavy atom. The van der Waals surface area contributed by atoms with Crippen LogP contribution in [0, 0.1) is 0 Å². The molecule has 0 saturated carbocycles. The molecule has 0 unspecified atom stereocenters. The normalized spacial score (nSPS) is 7.45. The van der Waals surface area contributed by atoms with Crippen LogP contribution in [0.3, 0.4) is 0 Å². The van der Waals surface area contributed by atoms with Crippen LogP contribution in [0.5, 0.6) is 0 Å². The molecule has 0 atom stereocenters. The monoisotopic (exact) mass is 152 g/mol. The average molecular weight is 152 g/mol. The maximum Gasteiger partial charge on any atom is 0.116 e. The number of anilines is 1. The van der Waals surface area contributed by atoms with E-state index in [2.05, 4.69) is 5.43 Å². The summed E-state index contributed by atoms with van der Waals surface area (Å²) in [7, 11) is 0.